The lowest BCUT2D eigenvalue weighted by Gasteiger charge is -2.23. The SMILES string of the molecule is Cc1ccnc2c1nc(CCl)n2C(c1cccs1)C(C)C. The molecule has 3 aromatic rings. The van der Waals surface area contributed by atoms with Crippen molar-refractivity contribution in [1.82, 2.24) is 14.5 Å². The zero-order valence-corrected chi connectivity index (χ0v) is 13.9. The molecule has 0 radical (unpaired) electrons. The van der Waals surface area contributed by atoms with Crippen molar-refractivity contribution in [2.45, 2.75) is 32.7 Å². The summed E-state index contributed by atoms with van der Waals surface area (Å²) in [4.78, 5) is 10.6. The molecule has 1 atom stereocenters. The summed E-state index contributed by atoms with van der Waals surface area (Å²) < 4.78 is 2.21. The number of halogens is 1. The van der Waals surface area contributed by atoms with Gasteiger partial charge in [-0.1, -0.05) is 19.9 Å². The highest BCUT2D eigenvalue weighted by molar-refractivity contribution is 7.10. The Kier molecular flexibility index (Phi) is 4.00. The van der Waals surface area contributed by atoms with Crippen LogP contribution >= 0.6 is 22.9 Å². The Hall–Kier alpha value is -1.39. The highest BCUT2D eigenvalue weighted by Crippen LogP contribution is 2.34. The fraction of sp³-hybridized carbons (Fsp3) is 0.375. The summed E-state index contributed by atoms with van der Waals surface area (Å²) in [5, 5.41) is 2.11. The largest absolute Gasteiger partial charge is 0.303 e. The predicted octanol–water partition coefficient (Wildman–Crippen LogP) is 4.79. The van der Waals surface area contributed by atoms with Gasteiger partial charge in [0.25, 0.3) is 0 Å². The van der Waals surface area contributed by atoms with Crippen LogP contribution < -0.4 is 0 Å². The molecule has 110 valence electrons. The molecular weight excluding hydrogens is 302 g/mol. The topological polar surface area (TPSA) is 30.7 Å². The summed E-state index contributed by atoms with van der Waals surface area (Å²) in [6, 6.07) is 6.48. The molecule has 0 saturated heterocycles. The van der Waals surface area contributed by atoms with Crippen LogP contribution in [-0.4, -0.2) is 14.5 Å². The van der Waals surface area contributed by atoms with Crippen molar-refractivity contribution < 1.29 is 0 Å². The van der Waals surface area contributed by atoms with E-state index in [1.165, 1.54) is 4.88 Å². The van der Waals surface area contributed by atoms with Crippen molar-refractivity contribution in [3.63, 3.8) is 0 Å². The summed E-state index contributed by atoms with van der Waals surface area (Å²) in [7, 11) is 0. The second-order valence-corrected chi connectivity index (χ2v) is 6.78. The maximum atomic E-state index is 6.16. The van der Waals surface area contributed by atoms with Gasteiger partial charge in [0.15, 0.2) is 5.65 Å². The van der Waals surface area contributed by atoms with Gasteiger partial charge in [0.2, 0.25) is 0 Å². The first-order chi connectivity index (χ1) is 10.1. The average Bonchev–Trinajstić information content (AvgIpc) is 3.08. The third-order valence-electron chi connectivity index (χ3n) is 3.72. The van der Waals surface area contributed by atoms with Crippen LogP contribution in [0.3, 0.4) is 0 Å². The summed E-state index contributed by atoms with van der Waals surface area (Å²) >= 11 is 7.93. The minimum absolute atomic E-state index is 0.220. The molecule has 3 rings (SSSR count). The van der Waals surface area contributed by atoms with E-state index in [9.17, 15) is 0 Å². The minimum Gasteiger partial charge on any atom is -0.303 e. The molecule has 0 fully saturated rings. The summed E-state index contributed by atoms with van der Waals surface area (Å²) in [5.74, 6) is 1.72. The van der Waals surface area contributed by atoms with Crippen LogP contribution in [0.15, 0.2) is 29.8 Å². The minimum atomic E-state index is 0.220. The van der Waals surface area contributed by atoms with Crippen molar-refractivity contribution in [1.29, 1.82) is 0 Å². The Morgan fingerprint density at radius 2 is 2.14 bits per heavy atom. The molecule has 21 heavy (non-hydrogen) atoms. The van der Waals surface area contributed by atoms with Crippen LogP contribution in [0.1, 0.15) is 36.2 Å². The van der Waals surface area contributed by atoms with Crippen LogP contribution in [-0.2, 0) is 5.88 Å². The fourth-order valence-electron chi connectivity index (χ4n) is 2.76. The molecule has 0 amide bonds. The van der Waals surface area contributed by atoms with Crippen LogP contribution in [0.4, 0.5) is 0 Å². The van der Waals surface area contributed by atoms with E-state index in [0.717, 1.165) is 22.6 Å². The Bertz CT molecular complexity index is 746. The van der Waals surface area contributed by atoms with Crippen molar-refractivity contribution in [3.8, 4) is 0 Å². The lowest BCUT2D eigenvalue weighted by molar-refractivity contribution is 0.442. The van der Waals surface area contributed by atoms with Gasteiger partial charge in [0.05, 0.1) is 11.9 Å². The van der Waals surface area contributed by atoms with E-state index in [1.54, 1.807) is 11.3 Å². The Labute approximate surface area is 133 Å². The number of aromatic nitrogens is 3. The molecule has 0 aliphatic rings. The second kappa shape index (κ2) is 5.78. The number of pyridine rings is 1. The zero-order valence-electron chi connectivity index (χ0n) is 12.4. The summed E-state index contributed by atoms with van der Waals surface area (Å²) in [5.41, 5.74) is 3.02. The second-order valence-electron chi connectivity index (χ2n) is 5.54. The maximum Gasteiger partial charge on any atom is 0.160 e. The Balaban J connectivity index is 2.29. The van der Waals surface area contributed by atoms with E-state index in [0.29, 0.717) is 11.8 Å². The number of aryl methyl sites for hydroxylation is 1. The molecule has 3 nitrogen and oxygen atoms in total. The summed E-state index contributed by atoms with van der Waals surface area (Å²) in [6.45, 7) is 6.52. The lowest BCUT2D eigenvalue weighted by atomic mass is 10.0. The molecule has 0 aliphatic heterocycles. The van der Waals surface area contributed by atoms with E-state index < -0.39 is 0 Å². The standard InChI is InChI=1S/C16H18ClN3S/c1-10(2)15(12-5-4-8-21-12)20-13(9-17)19-14-11(3)6-7-18-16(14)20/h4-8,10,15H,9H2,1-3H3. The number of nitrogens with zero attached hydrogens (tertiary/aromatic N) is 3. The normalized spacial score (nSPS) is 13.2. The van der Waals surface area contributed by atoms with Crippen LogP contribution in [0.2, 0.25) is 0 Å². The van der Waals surface area contributed by atoms with Crippen molar-refractivity contribution in [2.24, 2.45) is 5.92 Å². The first-order valence-corrected chi connectivity index (χ1v) is 8.46. The Morgan fingerprint density at radius 1 is 1.33 bits per heavy atom. The van der Waals surface area contributed by atoms with Gasteiger partial charge in [-0.15, -0.1) is 22.9 Å². The summed E-state index contributed by atoms with van der Waals surface area (Å²) in [6.07, 6.45) is 1.85. The van der Waals surface area contributed by atoms with E-state index in [4.69, 9.17) is 16.6 Å². The molecule has 0 spiro atoms. The number of alkyl halides is 1. The van der Waals surface area contributed by atoms with Crippen molar-refractivity contribution in [2.75, 3.05) is 0 Å². The van der Waals surface area contributed by atoms with Gasteiger partial charge in [-0.2, -0.15) is 0 Å². The number of hydrogen-bond donors (Lipinski definition) is 0. The highest BCUT2D eigenvalue weighted by atomic mass is 35.5. The molecule has 0 N–H and O–H groups in total. The number of thiophene rings is 1. The van der Waals surface area contributed by atoms with E-state index in [1.807, 2.05) is 12.3 Å². The van der Waals surface area contributed by atoms with Crippen LogP contribution in [0.25, 0.3) is 11.2 Å². The molecule has 0 aliphatic carbocycles. The molecule has 0 bridgehead atoms. The average molecular weight is 320 g/mol. The smallest absolute Gasteiger partial charge is 0.160 e. The van der Waals surface area contributed by atoms with Gasteiger partial charge in [0, 0.05) is 11.1 Å². The van der Waals surface area contributed by atoms with Gasteiger partial charge in [-0.25, -0.2) is 9.97 Å². The highest BCUT2D eigenvalue weighted by Gasteiger charge is 2.25. The number of hydrogen-bond acceptors (Lipinski definition) is 3. The number of rotatable bonds is 4. The van der Waals surface area contributed by atoms with Crippen molar-refractivity contribution >= 4 is 34.1 Å². The molecular formula is C16H18ClN3S. The van der Waals surface area contributed by atoms with Gasteiger partial charge >= 0.3 is 0 Å². The van der Waals surface area contributed by atoms with Gasteiger partial charge in [-0.3, -0.25) is 0 Å². The monoisotopic (exact) mass is 319 g/mol. The third-order valence-corrected chi connectivity index (χ3v) is 4.90. The maximum absolute atomic E-state index is 6.16. The molecule has 5 heteroatoms. The quantitative estimate of drug-likeness (QED) is 0.648. The van der Waals surface area contributed by atoms with Crippen LogP contribution in [0.5, 0.6) is 0 Å². The van der Waals surface area contributed by atoms with Crippen LogP contribution in [0, 0.1) is 12.8 Å². The van der Waals surface area contributed by atoms with Gasteiger partial charge in [-0.05, 0) is 35.9 Å². The Morgan fingerprint density at radius 3 is 2.76 bits per heavy atom. The number of fused-ring (bicyclic) bond motifs is 1. The molecule has 3 aromatic heterocycles. The van der Waals surface area contributed by atoms with Gasteiger partial charge in [0.1, 0.15) is 11.3 Å². The zero-order chi connectivity index (χ0) is 15.0. The fourth-order valence-corrected chi connectivity index (χ4v) is 3.93. The molecule has 0 saturated carbocycles. The van der Waals surface area contributed by atoms with Gasteiger partial charge < -0.3 is 4.57 Å². The first kappa shape index (κ1) is 14.5. The predicted molar refractivity (Wildman–Crippen MR) is 89.1 cm³/mol. The van der Waals surface area contributed by atoms with E-state index >= 15 is 0 Å². The molecule has 1 unspecified atom stereocenters. The third kappa shape index (κ3) is 2.47. The first-order valence-electron chi connectivity index (χ1n) is 7.05. The number of imidazole rings is 1. The van der Waals surface area contributed by atoms with E-state index in [2.05, 4.69) is 47.8 Å². The van der Waals surface area contributed by atoms with E-state index in [-0.39, 0.29) is 6.04 Å². The van der Waals surface area contributed by atoms with Crippen molar-refractivity contribution in [3.05, 3.63) is 46.0 Å². The molecule has 0 aromatic carbocycles. The molecule has 3 heterocycles. The lowest BCUT2D eigenvalue weighted by Crippen LogP contribution is -2.18.